The summed E-state index contributed by atoms with van der Waals surface area (Å²) in [5.74, 6) is -0.595. The van der Waals surface area contributed by atoms with Crippen LogP contribution in [0.1, 0.15) is 19.3 Å². The minimum Gasteiger partial charge on any atom is -0.385 e. The van der Waals surface area contributed by atoms with E-state index in [2.05, 4.69) is 10.6 Å². The molecule has 2 N–H and O–H groups in total. The smallest absolute Gasteiger partial charge is 0.274 e. The number of nitro groups is 1. The Labute approximate surface area is 105 Å². The van der Waals surface area contributed by atoms with Crippen molar-refractivity contribution in [1.29, 1.82) is 0 Å². The number of halogens is 1. The molecule has 0 aliphatic heterocycles. The van der Waals surface area contributed by atoms with Crippen LogP contribution >= 0.6 is 0 Å². The number of anilines is 1. The minimum atomic E-state index is -0.595. The Bertz CT molecular complexity index is 435. The SMILES string of the molecule is O=[N+]([O-])c1cc(F)cc(NCCCNC2CC2)c1. The summed E-state index contributed by atoms with van der Waals surface area (Å²) < 4.78 is 13.1. The zero-order chi connectivity index (χ0) is 13.0. The van der Waals surface area contributed by atoms with Gasteiger partial charge in [0.05, 0.1) is 11.0 Å². The Balaban J connectivity index is 1.78. The van der Waals surface area contributed by atoms with E-state index in [1.807, 2.05) is 0 Å². The molecule has 0 spiro atoms. The van der Waals surface area contributed by atoms with E-state index in [4.69, 9.17) is 0 Å². The Morgan fingerprint density at radius 3 is 2.78 bits per heavy atom. The number of nitrogens with one attached hydrogen (secondary N) is 2. The highest BCUT2D eigenvalue weighted by Gasteiger charge is 2.19. The quantitative estimate of drug-likeness (QED) is 0.444. The summed E-state index contributed by atoms with van der Waals surface area (Å²) in [4.78, 5) is 9.97. The van der Waals surface area contributed by atoms with Crippen LogP contribution < -0.4 is 10.6 Å². The summed E-state index contributed by atoms with van der Waals surface area (Å²) in [7, 11) is 0. The molecule has 5 nitrogen and oxygen atoms in total. The molecular weight excluding hydrogens is 237 g/mol. The minimum absolute atomic E-state index is 0.228. The summed E-state index contributed by atoms with van der Waals surface area (Å²) in [6.45, 7) is 1.58. The van der Waals surface area contributed by atoms with E-state index in [1.165, 1.54) is 25.0 Å². The molecule has 6 heteroatoms. The first-order chi connectivity index (χ1) is 8.65. The van der Waals surface area contributed by atoms with Gasteiger partial charge in [0.1, 0.15) is 5.82 Å². The van der Waals surface area contributed by atoms with Crippen molar-refractivity contribution in [1.82, 2.24) is 5.32 Å². The van der Waals surface area contributed by atoms with Gasteiger partial charge >= 0.3 is 0 Å². The summed E-state index contributed by atoms with van der Waals surface area (Å²) in [5.41, 5.74) is 0.224. The maximum absolute atomic E-state index is 13.1. The summed E-state index contributed by atoms with van der Waals surface area (Å²) in [6.07, 6.45) is 3.41. The lowest BCUT2D eigenvalue weighted by molar-refractivity contribution is -0.385. The third kappa shape index (κ3) is 3.96. The van der Waals surface area contributed by atoms with E-state index in [0.29, 0.717) is 18.3 Å². The van der Waals surface area contributed by atoms with Crippen LogP contribution in [-0.2, 0) is 0 Å². The molecule has 0 amide bonds. The van der Waals surface area contributed by atoms with E-state index >= 15 is 0 Å². The van der Waals surface area contributed by atoms with Crippen molar-refractivity contribution in [3.05, 3.63) is 34.1 Å². The molecule has 0 atom stereocenters. The molecule has 0 bridgehead atoms. The second kappa shape index (κ2) is 5.77. The van der Waals surface area contributed by atoms with Gasteiger partial charge in [0.15, 0.2) is 0 Å². The van der Waals surface area contributed by atoms with Crippen LogP contribution in [0.4, 0.5) is 15.8 Å². The Morgan fingerprint density at radius 1 is 1.33 bits per heavy atom. The summed E-state index contributed by atoms with van der Waals surface area (Å²) in [5, 5.41) is 16.9. The zero-order valence-electron chi connectivity index (χ0n) is 9.99. The first-order valence-corrected chi connectivity index (χ1v) is 6.07. The molecular formula is C12H16FN3O2. The second-order valence-electron chi connectivity index (χ2n) is 4.46. The van der Waals surface area contributed by atoms with Crippen molar-refractivity contribution in [2.24, 2.45) is 0 Å². The van der Waals surface area contributed by atoms with Crippen molar-refractivity contribution >= 4 is 11.4 Å². The van der Waals surface area contributed by atoms with Crippen LogP contribution in [0.25, 0.3) is 0 Å². The van der Waals surface area contributed by atoms with Crippen molar-refractivity contribution in [3.8, 4) is 0 Å². The average molecular weight is 253 g/mol. The molecule has 1 aromatic rings. The molecule has 1 aromatic carbocycles. The van der Waals surface area contributed by atoms with E-state index < -0.39 is 10.7 Å². The highest BCUT2D eigenvalue weighted by atomic mass is 19.1. The number of non-ortho nitro benzene ring substituents is 1. The highest BCUT2D eigenvalue weighted by Crippen LogP contribution is 2.20. The number of benzene rings is 1. The molecule has 1 saturated carbocycles. The topological polar surface area (TPSA) is 67.2 Å². The molecule has 18 heavy (non-hydrogen) atoms. The second-order valence-corrected chi connectivity index (χ2v) is 4.46. The van der Waals surface area contributed by atoms with Gasteiger partial charge in [0.25, 0.3) is 5.69 Å². The fourth-order valence-electron chi connectivity index (χ4n) is 1.70. The Hall–Kier alpha value is -1.69. The van der Waals surface area contributed by atoms with Gasteiger partial charge in [-0.3, -0.25) is 10.1 Å². The van der Waals surface area contributed by atoms with Gasteiger partial charge in [-0.05, 0) is 31.9 Å². The van der Waals surface area contributed by atoms with E-state index in [-0.39, 0.29) is 5.69 Å². The van der Waals surface area contributed by atoms with Crippen molar-refractivity contribution in [2.75, 3.05) is 18.4 Å². The maximum Gasteiger partial charge on any atom is 0.274 e. The van der Waals surface area contributed by atoms with Crippen molar-refractivity contribution < 1.29 is 9.31 Å². The van der Waals surface area contributed by atoms with Gasteiger partial charge in [-0.25, -0.2) is 4.39 Å². The number of rotatable bonds is 7. The van der Waals surface area contributed by atoms with Crippen LogP contribution in [0.15, 0.2) is 18.2 Å². The number of nitrogens with zero attached hydrogens (tertiary/aromatic N) is 1. The fraction of sp³-hybridized carbons (Fsp3) is 0.500. The van der Waals surface area contributed by atoms with Crippen LogP contribution in [0.5, 0.6) is 0 Å². The van der Waals surface area contributed by atoms with Gasteiger partial charge in [0, 0.05) is 24.3 Å². The lowest BCUT2D eigenvalue weighted by Gasteiger charge is -2.07. The fourth-order valence-corrected chi connectivity index (χ4v) is 1.70. The van der Waals surface area contributed by atoms with E-state index in [1.54, 1.807) is 0 Å². The Kier molecular flexibility index (Phi) is 4.09. The molecule has 0 aromatic heterocycles. The zero-order valence-corrected chi connectivity index (χ0v) is 9.99. The number of hydrogen-bond donors (Lipinski definition) is 2. The predicted octanol–water partition coefficient (Wildman–Crippen LogP) is 2.29. The lowest BCUT2D eigenvalue weighted by Crippen LogP contribution is -2.19. The van der Waals surface area contributed by atoms with Crippen LogP contribution in [-0.4, -0.2) is 24.1 Å². The summed E-state index contributed by atoms with van der Waals surface area (Å²) in [6, 6.07) is 4.21. The van der Waals surface area contributed by atoms with Crippen LogP contribution in [0.2, 0.25) is 0 Å². The first-order valence-electron chi connectivity index (χ1n) is 6.07. The molecule has 0 saturated heterocycles. The Morgan fingerprint density at radius 2 is 2.11 bits per heavy atom. The standard InChI is InChI=1S/C12H16FN3O2/c13-9-6-11(8-12(7-9)16(17)18)15-5-1-4-14-10-2-3-10/h6-8,10,14-15H,1-5H2. The van der Waals surface area contributed by atoms with Gasteiger partial charge in [0.2, 0.25) is 0 Å². The number of hydrogen-bond acceptors (Lipinski definition) is 4. The van der Waals surface area contributed by atoms with Gasteiger partial charge < -0.3 is 10.6 Å². The predicted molar refractivity (Wildman–Crippen MR) is 67.2 cm³/mol. The van der Waals surface area contributed by atoms with Gasteiger partial charge in [-0.15, -0.1) is 0 Å². The van der Waals surface area contributed by atoms with Gasteiger partial charge in [-0.1, -0.05) is 0 Å². The van der Waals surface area contributed by atoms with Gasteiger partial charge in [-0.2, -0.15) is 0 Å². The number of nitro benzene ring substituents is 1. The summed E-state index contributed by atoms with van der Waals surface area (Å²) >= 11 is 0. The van der Waals surface area contributed by atoms with E-state index in [0.717, 1.165) is 19.0 Å². The molecule has 0 radical (unpaired) electrons. The van der Waals surface area contributed by atoms with E-state index in [9.17, 15) is 14.5 Å². The molecule has 1 fully saturated rings. The molecule has 98 valence electrons. The molecule has 0 unspecified atom stereocenters. The molecule has 0 heterocycles. The van der Waals surface area contributed by atoms with Crippen LogP contribution in [0, 0.1) is 15.9 Å². The first kappa shape index (κ1) is 12.8. The largest absolute Gasteiger partial charge is 0.385 e. The average Bonchev–Trinajstić information content (AvgIpc) is 3.12. The molecule has 1 aliphatic rings. The van der Waals surface area contributed by atoms with Crippen LogP contribution in [0.3, 0.4) is 0 Å². The molecule has 2 rings (SSSR count). The lowest BCUT2D eigenvalue weighted by atomic mass is 10.2. The third-order valence-corrected chi connectivity index (χ3v) is 2.79. The third-order valence-electron chi connectivity index (χ3n) is 2.79. The normalized spacial score (nSPS) is 14.5. The van der Waals surface area contributed by atoms with Crippen molar-refractivity contribution in [2.45, 2.75) is 25.3 Å². The highest BCUT2D eigenvalue weighted by molar-refractivity contribution is 5.51. The monoisotopic (exact) mass is 253 g/mol. The maximum atomic E-state index is 13.1. The van der Waals surface area contributed by atoms with Crippen molar-refractivity contribution in [3.63, 3.8) is 0 Å². The molecule has 1 aliphatic carbocycles.